The number of hydrogen-bond acceptors (Lipinski definition) is 2. The van der Waals surface area contributed by atoms with Crippen molar-refractivity contribution in [3.63, 3.8) is 0 Å². The first kappa shape index (κ1) is 12.8. The number of carboxylic acid groups (broad SMARTS) is 1. The molecule has 3 nitrogen and oxygen atoms in total. The van der Waals surface area contributed by atoms with E-state index in [-0.39, 0.29) is 10.6 Å². The molecule has 4 heteroatoms. The molecule has 0 bridgehead atoms. The van der Waals surface area contributed by atoms with Crippen molar-refractivity contribution in [1.82, 2.24) is 0 Å². The summed E-state index contributed by atoms with van der Waals surface area (Å²) in [6.07, 6.45) is 1.05. The van der Waals surface area contributed by atoms with Crippen LogP contribution in [0.2, 0.25) is 5.02 Å². The number of carboxylic acids is 1. The van der Waals surface area contributed by atoms with Gasteiger partial charge in [-0.3, -0.25) is 0 Å². The summed E-state index contributed by atoms with van der Waals surface area (Å²) in [6, 6.07) is 4.95. The van der Waals surface area contributed by atoms with Crippen LogP contribution < -0.4 is 5.32 Å². The second kappa shape index (κ2) is 5.75. The van der Waals surface area contributed by atoms with Crippen molar-refractivity contribution in [2.75, 3.05) is 11.9 Å². The van der Waals surface area contributed by atoms with Crippen LogP contribution in [0.1, 0.15) is 30.6 Å². The van der Waals surface area contributed by atoms with Crippen molar-refractivity contribution in [1.29, 1.82) is 0 Å². The number of aromatic carboxylic acids is 1. The molecule has 0 atom stereocenters. The fraction of sp³-hybridized carbons (Fsp3) is 0.417. The number of carbonyl (C=O) groups is 1. The Morgan fingerprint density at radius 1 is 1.50 bits per heavy atom. The Hall–Kier alpha value is -1.22. The highest BCUT2D eigenvalue weighted by Crippen LogP contribution is 2.20. The number of benzene rings is 1. The van der Waals surface area contributed by atoms with Gasteiger partial charge < -0.3 is 10.4 Å². The summed E-state index contributed by atoms with van der Waals surface area (Å²) < 4.78 is 0. The monoisotopic (exact) mass is 241 g/mol. The normalized spacial score (nSPS) is 10.5. The fourth-order valence-electron chi connectivity index (χ4n) is 1.30. The zero-order valence-electron chi connectivity index (χ0n) is 9.46. The maximum absolute atomic E-state index is 10.8. The summed E-state index contributed by atoms with van der Waals surface area (Å²) in [4.78, 5) is 10.8. The maximum Gasteiger partial charge on any atom is 0.337 e. The molecule has 0 aliphatic carbocycles. The first-order valence-corrected chi connectivity index (χ1v) is 5.65. The topological polar surface area (TPSA) is 49.3 Å². The minimum absolute atomic E-state index is 0.135. The number of halogens is 1. The minimum Gasteiger partial charge on any atom is -0.478 e. The van der Waals surface area contributed by atoms with E-state index in [1.807, 2.05) is 0 Å². The highest BCUT2D eigenvalue weighted by molar-refractivity contribution is 6.33. The number of anilines is 1. The average Bonchev–Trinajstić information content (AvgIpc) is 2.19. The zero-order chi connectivity index (χ0) is 12.1. The quantitative estimate of drug-likeness (QED) is 0.830. The first-order valence-electron chi connectivity index (χ1n) is 5.27. The minimum atomic E-state index is -1.00. The van der Waals surface area contributed by atoms with Gasteiger partial charge in [0.2, 0.25) is 0 Å². The summed E-state index contributed by atoms with van der Waals surface area (Å²) in [7, 11) is 0. The van der Waals surface area contributed by atoms with Gasteiger partial charge in [-0.05, 0) is 30.5 Å². The van der Waals surface area contributed by atoms with E-state index in [2.05, 4.69) is 19.2 Å². The molecule has 0 fully saturated rings. The first-order chi connectivity index (χ1) is 7.50. The van der Waals surface area contributed by atoms with Crippen LogP contribution in [0, 0.1) is 5.92 Å². The molecule has 2 N–H and O–H groups in total. The van der Waals surface area contributed by atoms with Crippen molar-refractivity contribution < 1.29 is 9.90 Å². The van der Waals surface area contributed by atoms with Crippen LogP contribution in [0.15, 0.2) is 18.2 Å². The van der Waals surface area contributed by atoms with Crippen molar-refractivity contribution >= 4 is 23.3 Å². The van der Waals surface area contributed by atoms with Gasteiger partial charge in [0.25, 0.3) is 0 Å². The Balaban J connectivity index is 2.68. The molecule has 1 aromatic rings. The molecular formula is C12H16ClNO2. The Morgan fingerprint density at radius 3 is 2.75 bits per heavy atom. The molecule has 1 aromatic carbocycles. The van der Waals surface area contributed by atoms with Gasteiger partial charge in [-0.2, -0.15) is 0 Å². The van der Waals surface area contributed by atoms with Crippen LogP contribution in [0.4, 0.5) is 5.69 Å². The Morgan fingerprint density at radius 2 is 2.19 bits per heavy atom. The van der Waals surface area contributed by atoms with E-state index in [1.54, 1.807) is 18.2 Å². The largest absolute Gasteiger partial charge is 0.478 e. The summed E-state index contributed by atoms with van der Waals surface area (Å²) in [5.41, 5.74) is 0.929. The Kier molecular flexibility index (Phi) is 4.62. The molecule has 0 aliphatic rings. The molecule has 88 valence electrons. The SMILES string of the molecule is CC(C)CCNc1ccc(Cl)c(C(=O)O)c1. The number of nitrogens with one attached hydrogen (secondary N) is 1. The van der Waals surface area contributed by atoms with Crippen LogP contribution in [-0.2, 0) is 0 Å². The molecule has 0 unspecified atom stereocenters. The van der Waals surface area contributed by atoms with E-state index < -0.39 is 5.97 Å². The molecule has 0 aliphatic heterocycles. The van der Waals surface area contributed by atoms with Gasteiger partial charge in [0.1, 0.15) is 0 Å². The second-order valence-electron chi connectivity index (χ2n) is 4.11. The van der Waals surface area contributed by atoms with Gasteiger partial charge in [0.15, 0.2) is 0 Å². The van der Waals surface area contributed by atoms with Crippen molar-refractivity contribution in [2.24, 2.45) is 5.92 Å². The Labute approximate surface area is 100 Å². The Bertz CT molecular complexity index is 377. The molecule has 0 spiro atoms. The average molecular weight is 242 g/mol. The lowest BCUT2D eigenvalue weighted by Crippen LogP contribution is -2.06. The van der Waals surface area contributed by atoms with Gasteiger partial charge in [-0.25, -0.2) is 4.79 Å². The molecule has 0 saturated heterocycles. The lowest BCUT2D eigenvalue weighted by Gasteiger charge is -2.09. The van der Waals surface area contributed by atoms with E-state index in [1.165, 1.54) is 0 Å². The van der Waals surface area contributed by atoms with Crippen LogP contribution >= 0.6 is 11.6 Å². The third-order valence-corrected chi connectivity index (χ3v) is 2.58. The van der Waals surface area contributed by atoms with E-state index >= 15 is 0 Å². The van der Waals surface area contributed by atoms with E-state index in [0.717, 1.165) is 18.7 Å². The van der Waals surface area contributed by atoms with Gasteiger partial charge in [-0.1, -0.05) is 25.4 Å². The molecule has 16 heavy (non-hydrogen) atoms. The number of rotatable bonds is 5. The van der Waals surface area contributed by atoms with Gasteiger partial charge >= 0.3 is 5.97 Å². The highest BCUT2D eigenvalue weighted by Gasteiger charge is 2.08. The smallest absolute Gasteiger partial charge is 0.337 e. The molecular weight excluding hydrogens is 226 g/mol. The fourth-order valence-corrected chi connectivity index (χ4v) is 1.50. The van der Waals surface area contributed by atoms with Gasteiger partial charge in [-0.15, -0.1) is 0 Å². The van der Waals surface area contributed by atoms with E-state index in [0.29, 0.717) is 5.92 Å². The molecule has 0 heterocycles. The predicted molar refractivity (Wildman–Crippen MR) is 66.4 cm³/mol. The lowest BCUT2D eigenvalue weighted by atomic mass is 10.1. The van der Waals surface area contributed by atoms with E-state index in [9.17, 15) is 4.79 Å². The molecule has 0 amide bonds. The van der Waals surface area contributed by atoms with Crippen LogP contribution in [0.25, 0.3) is 0 Å². The van der Waals surface area contributed by atoms with Crippen molar-refractivity contribution in [2.45, 2.75) is 20.3 Å². The third-order valence-electron chi connectivity index (χ3n) is 2.25. The summed E-state index contributed by atoms with van der Waals surface area (Å²) in [5.74, 6) is -0.378. The summed E-state index contributed by atoms with van der Waals surface area (Å²) in [5, 5.41) is 12.3. The summed E-state index contributed by atoms with van der Waals surface area (Å²) in [6.45, 7) is 5.12. The van der Waals surface area contributed by atoms with Gasteiger partial charge in [0.05, 0.1) is 10.6 Å². The summed E-state index contributed by atoms with van der Waals surface area (Å²) >= 11 is 5.77. The number of hydrogen-bond donors (Lipinski definition) is 2. The van der Waals surface area contributed by atoms with Crippen LogP contribution in [-0.4, -0.2) is 17.6 Å². The molecule has 1 rings (SSSR count). The second-order valence-corrected chi connectivity index (χ2v) is 4.52. The lowest BCUT2D eigenvalue weighted by molar-refractivity contribution is 0.0697. The van der Waals surface area contributed by atoms with Crippen LogP contribution in [0.3, 0.4) is 0 Å². The highest BCUT2D eigenvalue weighted by atomic mass is 35.5. The maximum atomic E-state index is 10.8. The molecule has 0 aromatic heterocycles. The van der Waals surface area contributed by atoms with Gasteiger partial charge in [0, 0.05) is 12.2 Å². The van der Waals surface area contributed by atoms with Crippen molar-refractivity contribution in [3.8, 4) is 0 Å². The standard InChI is InChI=1S/C12H16ClNO2/c1-8(2)5-6-14-9-3-4-11(13)10(7-9)12(15)16/h3-4,7-8,14H,5-6H2,1-2H3,(H,15,16). The molecule has 0 saturated carbocycles. The third kappa shape index (κ3) is 3.74. The van der Waals surface area contributed by atoms with Crippen molar-refractivity contribution in [3.05, 3.63) is 28.8 Å². The zero-order valence-corrected chi connectivity index (χ0v) is 10.2. The predicted octanol–water partition coefficient (Wildman–Crippen LogP) is 3.50. The van der Waals surface area contributed by atoms with E-state index in [4.69, 9.17) is 16.7 Å². The molecule has 0 radical (unpaired) electrons. The van der Waals surface area contributed by atoms with Crippen LogP contribution in [0.5, 0.6) is 0 Å².